The fourth-order valence-corrected chi connectivity index (χ4v) is 2.32. The highest BCUT2D eigenvalue weighted by molar-refractivity contribution is 5.89. The molecule has 20 heavy (non-hydrogen) atoms. The third kappa shape index (κ3) is 3.70. The largest absolute Gasteiger partial charge is 0.352 e. The van der Waals surface area contributed by atoms with Crippen LogP contribution < -0.4 is 5.32 Å². The molecule has 1 N–H and O–H groups in total. The van der Waals surface area contributed by atoms with Gasteiger partial charge in [0.1, 0.15) is 0 Å². The summed E-state index contributed by atoms with van der Waals surface area (Å²) in [5.74, 6) is -0.160. The molecule has 1 atom stereocenters. The average molecular weight is 272 g/mol. The molecule has 4 heteroatoms. The molecule has 0 aromatic heterocycles. The highest BCUT2D eigenvalue weighted by Crippen LogP contribution is 2.17. The van der Waals surface area contributed by atoms with Crippen molar-refractivity contribution in [3.8, 4) is 0 Å². The highest BCUT2D eigenvalue weighted by atomic mass is 16.2. The van der Waals surface area contributed by atoms with E-state index in [-0.39, 0.29) is 17.7 Å². The average Bonchev–Trinajstić information content (AvgIpc) is 2.86. The maximum absolute atomic E-state index is 11.9. The first-order valence-corrected chi connectivity index (χ1v) is 6.97. The maximum Gasteiger partial charge on any atom is 0.225 e. The van der Waals surface area contributed by atoms with E-state index in [1.165, 1.54) is 0 Å². The first-order valence-electron chi connectivity index (χ1n) is 6.97. The second kappa shape index (κ2) is 6.89. The molecule has 4 nitrogen and oxygen atoms in total. The van der Waals surface area contributed by atoms with Crippen molar-refractivity contribution in [3.63, 3.8) is 0 Å². The summed E-state index contributed by atoms with van der Waals surface area (Å²) in [7, 11) is 0. The zero-order chi connectivity index (χ0) is 14.4. The lowest BCUT2D eigenvalue weighted by Crippen LogP contribution is -2.32. The molecule has 106 valence electrons. The Hall–Kier alpha value is -2.10. The van der Waals surface area contributed by atoms with E-state index in [9.17, 15) is 9.59 Å². The van der Waals surface area contributed by atoms with E-state index in [0.717, 1.165) is 5.56 Å². The number of nitrogens with zero attached hydrogens (tertiary/aromatic N) is 1. The number of carbonyl (C=O) groups excluding carboxylic acids is 2. The third-order valence-corrected chi connectivity index (χ3v) is 3.47. The van der Waals surface area contributed by atoms with Gasteiger partial charge in [-0.3, -0.25) is 9.59 Å². The summed E-state index contributed by atoms with van der Waals surface area (Å²) in [4.78, 5) is 25.2. The molecule has 1 aromatic rings. The fourth-order valence-electron chi connectivity index (χ4n) is 2.32. The molecule has 1 aliphatic heterocycles. The second-order valence-corrected chi connectivity index (χ2v) is 4.89. The van der Waals surface area contributed by atoms with Crippen molar-refractivity contribution >= 4 is 17.9 Å². The predicted molar refractivity (Wildman–Crippen MR) is 78.8 cm³/mol. The zero-order valence-electron chi connectivity index (χ0n) is 11.7. The third-order valence-electron chi connectivity index (χ3n) is 3.47. The van der Waals surface area contributed by atoms with E-state index in [4.69, 9.17) is 0 Å². The van der Waals surface area contributed by atoms with Gasteiger partial charge >= 0.3 is 0 Å². The summed E-state index contributed by atoms with van der Waals surface area (Å²) in [6.07, 6.45) is 4.22. The van der Waals surface area contributed by atoms with Crippen LogP contribution in [0.1, 0.15) is 18.9 Å². The number of amides is 2. The number of hydrogen-bond donors (Lipinski definition) is 1. The van der Waals surface area contributed by atoms with Crippen LogP contribution in [0.5, 0.6) is 0 Å². The van der Waals surface area contributed by atoms with E-state index in [1.54, 1.807) is 4.90 Å². The number of rotatable bonds is 5. The standard InChI is InChI=1S/C16H20N2O2/c1-2-18-12-14(11-15(18)19)16(20)17-10-6-9-13-7-4-3-5-8-13/h3-9,14H,2,10-12H2,1H3,(H,17,20)/b9-6+/t14-/m1/s1. The number of carbonyl (C=O) groups is 2. The normalized spacial score (nSPS) is 18.8. The van der Waals surface area contributed by atoms with Gasteiger partial charge in [0.05, 0.1) is 5.92 Å². The molecule has 2 amide bonds. The summed E-state index contributed by atoms with van der Waals surface area (Å²) < 4.78 is 0. The van der Waals surface area contributed by atoms with Crippen molar-refractivity contribution in [1.29, 1.82) is 0 Å². The van der Waals surface area contributed by atoms with Crippen LogP contribution in [0.3, 0.4) is 0 Å². The lowest BCUT2D eigenvalue weighted by Gasteiger charge is -2.13. The Kier molecular flexibility index (Phi) is 4.93. The molecule has 0 spiro atoms. The second-order valence-electron chi connectivity index (χ2n) is 4.89. The van der Waals surface area contributed by atoms with Crippen LogP contribution in [0.25, 0.3) is 6.08 Å². The molecular formula is C16H20N2O2. The van der Waals surface area contributed by atoms with Gasteiger partial charge in [-0.25, -0.2) is 0 Å². The van der Waals surface area contributed by atoms with Crippen LogP contribution in [0.15, 0.2) is 36.4 Å². The molecule has 0 bridgehead atoms. The first kappa shape index (κ1) is 14.3. The van der Waals surface area contributed by atoms with E-state index >= 15 is 0 Å². The zero-order valence-corrected chi connectivity index (χ0v) is 11.7. The van der Waals surface area contributed by atoms with Gasteiger partial charge in [-0.2, -0.15) is 0 Å². The van der Waals surface area contributed by atoms with Crippen molar-refractivity contribution in [2.75, 3.05) is 19.6 Å². The summed E-state index contributed by atoms with van der Waals surface area (Å²) in [5, 5.41) is 2.86. The molecule has 1 aromatic carbocycles. The first-order chi connectivity index (χ1) is 9.70. The summed E-state index contributed by atoms with van der Waals surface area (Å²) in [5.41, 5.74) is 1.11. The van der Waals surface area contributed by atoms with Crippen molar-refractivity contribution < 1.29 is 9.59 Å². The van der Waals surface area contributed by atoms with Gasteiger partial charge in [-0.1, -0.05) is 42.5 Å². The summed E-state index contributed by atoms with van der Waals surface area (Å²) in [6.45, 7) is 3.64. The molecule has 1 aliphatic rings. The molecular weight excluding hydrogens is 252 g/mol. The van der Waals surface area contributed by atoms with Crippen LogP contribution in [-0.4, -0.2) is 36.3 Å². The Morgan fingerprint density at radius 3 is 2.80 bits per heavy atom. The lowest BCUT2D eigenvalue weighted by molar-refractivity contribution is -0.128. The Labute approximate surface area is 119 Å². The minimum atomic E-state index is -0.201. The molecule has 1 fully saturated rings. The van der Waals surface area contributed by atoms with Gasteiger partial charge in [0.2, 0.25) is 11.8 Å². The molecule has 0 saturated carbocycles. The van der Waals surface area contributed by atoms with Gasteiger partial charge in [-0.05, 0) is 12.5 Å². The van der Waals surface area contributed by atoms with Gasteiger partial charge in [0.25, 0.3) is 0 Å². The number of likely N-dealkylation sites (tertiary alicyclic amines) is 1. The van der Waals surface area contributed by atoms with Crippen molar-refractivity contribution in [1.82, 2.24) is 10.2 Å². The molecule has 0 radical (unpaired) electrons. The quantitative estimate of drug-likeness (QED) is 0.886. The van der Waals surface area contributed by atoms with Crippen molar-refractivity contribution in [2.24, 2.45) is 5.92 Å². The topological polar surface area (TPSA) is 49.4 Å². The van der Waals surface area contributed by atoms with E-state index in [2.05, 4.69) is 5.32 Å². The minimum Gasteiger partial charge on any atom is -0.352 e. The van der Waals surface area contributed by atoms with Crippen LogP contribution in [-0.2, 0) is 9.59 Å². The number of hydrogen-bond acceptors (Lipinski definition) is 2. The molecule has 0 unspecified atom stereocenters. The Balaban J connectivity index is 1.76. The SMILES string of the molecule is CCN1C[C@H](C(=O)NC/C=C/c2ccccc2)CC1=O. The molecule has 1 saturated heterocycles. The van der Waals surface area contributed by atoms with E-state index in [0.29, 0.717) is 26.1 Å². The maximum atomic E-state index is 11.9. The summed E-state index contributed by atoms with van der Waals surface area (Å²) in [6, 6.07) is 9.93. The van der Waals surface area contributed by atoms with Crippen LogP contribution in [0, 0.1) is 5.92 Å². The molecule has 0 aliphatic carbocycles. The summed E-state index contributed by atoms with van der Waals surface area (Å²) >= 11 is 0. The Bertz CT molecular complexity index is 496. The fraction of sp³-hybridized carbons (Fsp3) is 0.375. The van der Waals surface area contributed by atoms with Gasteiger partial charge in [0.15, 0.2) is 0 Å². The smallest absolute Gasteiger partial charge is 0.225 e. The highest BCUT2D eigenvalue weighted by Gasteiger charge is 2.32. The van der Waals surface area contributed by atoms with E-state index in [1.807, 2.05) is 49.4 Å². The Morgan fingerprint density at radius 2 is 2.15 bits per heavy atom. The number of benzene rings is 1. The van der Waals surface area contributed by atoms with Gasteiger partial charge < -0.3 is 10.2 Å². The predicted octanol–water partition coefficient (Wildman–Crippen LogP) is 1.68. The Morgan fingerprint density at radius 1 is 1.40 bits per heavy atom. The van der Waals surface area contributed by atoms with Crippen LogP contribution >= 0.6 is 0 Å². The monoisotopic (exact) mass is 272 g/mol. The van der Waals surface area contributed by atoms with Gasteiger partial charge in [-0.15, -0.1) is 0 Å². The van der Waals surface area contributed by atoms with Gasteiger partial charge in [0, 0.05) is 26.1 Å². The van der Waals surface area contributed by atoms with Crippen LogP contribution in [0.4, 0.5) is 0 Å². The number of nitrogens with one attached hydrogen (secondary N) is 1. The van der Waals surface area contributed by atoms with Crippen molar-refractivity contribution in [3.05, 3.63) is 42.0 Å². The minimum absolute atomic E-state index is 0.0352. The molecule has 2 rings (SSSR count). The molecule has 1 heterocycles. The lowest BCUT2D eigenvalue weighted by atomic mass is 10.1. The van der Waals surface area contributed by atoms with Crippen LogP contribution in [0.2, 0.25) is 0 Å². The van der Waals surface area contributed by atoms with E-state index < -0.39 is 0 Å². The van der Waals surface area contributed by atoms with Crippen molar-refractivity contribution in [2.45, 2.75) is 13.3 Å².